The van der Waals surface area contributed by atoms with E-state index < -0.39 is 17.9 Å². The van der Waals surface area contributed by atoms with Gasteiger partial charge in [0.25, 0.3) is 5.91 Å². The van der Waals surface area contributed by atoms with Crippen molar-refractivity contribution in [1.29, 1.82) is 0 Å². The van der Waals surface area contributed by atoms with Gasteiger partial charge < -0.3 is 10.4 Å². The van der Waals surface area contributed by atoms with Crippen LogP contribution in [0.5, 0.6) is 0 Å². The predicted octanol–water partition coefficient (Wildman–Crippen LogP) is 2.18. The molecule has 0 saturated carbocycles. The first-order valence-corrected chi connectivity index (χ1v) is 8.88. The zero-order chi connectivity index (χ0) is 18.6. The third-order valence-electron chi connectivity index (χ3n) is 3.59. The number of thioether (sulfide) groups is 1. The first-order valence-electron chi connectivity index (χ1n) is 7.66. The van der Waals surface area contributed by atoms with Gasteiger partial charge in [-0.25, -0.2) is 4.79 Å². The number of carboxylic acids is 1. The Hall–Kier alpha value is -2.19. The molecule has 0 radical (unpaired) electrons. The van der Waals surface area contributed by atoms with Crippen molar-refractivity contribution in [2.24, 2.45) is 0 Å². The Morgan fingerprint density at radius 1 is 1.36 bits per heavy atom. The minimum atomic E-state index is -1.11. The molecule has 6 nitrogen and oxygen atoms in total. The summed E-state index contributed by atoms with van der Waals surface area (Å²) < 4.78 is 0.280. The summed E-state index contributed by atoms with van der Waals surface area (Å²) in [4.78, 5) is 37.1. The summed E-state index contributed by atoms with van der Waals surface area (Å²) in [7, 11) is 0. The summed E-state index contributed by atoms with van der Waals surface area (Å²) in [6, 6.07) is 6.70. The third-order valence-corrected chi connectivity index (χ3v) is 4.97. The highest BCUT2D eigenvalue weighted by Gasteiger charge is 2.34. The summed E-state index contributed by atoms with van der Waals surface area (Å²) in [6.45, 7) is 3.34. The molecule has 132 valence electrons. The van der Waals surface area contributed by atoms with Gasteiger partial charge in [0, 0.05) is 0 Å². The molecular formula is C17H18N2O4S2. The molecule has 0 aromatic heterocycles. The number of carboxylic acid groups (broad SMARTS) is 1. The Morgan fingerprint density at radius 2 is 2.00 bits per heavy atom. The second kappa shape index (κ2) is 8.26. The minimum Gasteiger partial charge on any atom is -0.480 e. The van der Waals surface area contributed by atoms with Crippen molar-refractivity contribution in [3.05, 3.63) is 40.3 Å². The van der Waals surface area contributed by atoms with Crippen molar-refractivity contribution < 1.29 is 19.5 Å². The van der Waals surface area contributed by atoms with Crippen LogP contribution in [0.4, 0.5) is 0 Å². The maximum absolute atomic E-state index is 12.5. The summed E-state index contributed by atoms with van der Waals surface area (Å²) in [5, 5.41) is 11.4. The third kappa shape index (κ3) is 4.90. The van der Waals surface area contributed by atoms with Crippen LogP contribution in [0.25, 0.3) is 6.08 Å². The fourth-order valence-electron chi connectivity index (χ4n) is 2.17. The van der Waals surface area contributed by atoms with E-state index in [1.165, 1.54) is 4.90 Å². The van der Waals surface area contributed by atoms with E-state index in [1.54, 1.807) is 13.0 Å². The summed E-state index contributed by atoms with van der Waals surface area (Å²) in [6.07, 6.45) is 1.98. The van der Waals surface area contributed by atoms with E-state index in [-0.39, 0.29) is 23.2 Å². The van der Waals surface area contributed by atoms with Crippen LogP contribution in [-0.2, 0) is 14.4 Å². The van der Waals surface area contributed by atoms with Crippen LogP contribution >= 0.6 is 24.0 Å². The van der Waals surface area contributed by atoms with Gasteiger partial charge in [0.1, 0.15) is 16.9 Å². The van der Waals surface area contributed by atoms with Gasteiger partial charge in [-0.15, -0.1) is 0 Å². The van der Waals surface area contributed by atoms with E-state index >= 15 is 0 Å². The molecule has 0 bridgehead atoms. The second-order valence-corrected chi connectivity index (χ2v) is 7.22. The molecule has 1 fully saturated rings. The zero-order valence-corrected chi connectivity index (χ0v) is 15.4. The molecule has 1 aliphatic heterocycles. The Morgan fingerprint density at radius 3 is 2.56 bits per heavy atom. The van der Waals surface area contributed by atoms with E-state index in [0.29, 0.717) is 4.91 Å². The van der Waals surface area contributed by atoms with Gasteiger partial charge in [0.15, 0.2) is 0 Å². The van der Waals surface area contributed by atoms with E-state index in [1.807, 2.05) is 31.2 Å². The lowest BCUT2D eigenvalue weighted by atomic mass is 10.1. The van der Waals surface area contributed by atoms with Gasteiger partial charge in [-0.3, -0.25) is 14.5 Å². The number of rotatable bonds is 6. The van der Waals surface area contributed by atoms with Crippen LogP contribution in [-0.4, -0.2) is 44.7 Å². The number of carbonyl (C=O) groups is 3. The first-order chi connectivity index (χ1) is 11.8. The average molecular weight is 378 g/mol. The van der Waals surface area contributed by atoms with Crippen molar-refractivity contribution >= 4 is 52.2 Å². The SMILES string of the molecule is CCC(NC(=O)CN1C(=O)C(=Cc2ccc(C)cc2)SC1=S)C(=O)O. The van der Waals surface area contributed by atoms with Crippen molar-refractivity contribution in [3.8, 4) is 0 Å². The molecule has 1 saturated heterocycles. The van der Waals surface area contributed by atoms with Crippen LogP contribution in [0, 0.1) is 6.92 Å². The quantitative estimate of drug-likeness (QED) is 0.583. The number of aliphatic carboxylic acids is 1. The largest absolute Gasteiger partial charge is 0.480 e. The molecule has 2 amide bonds. The van der Waals surface area contributed by atoms with Crippen molar-refractivity contribution in [2.75, 3.05) is 6.54 Å². The minimum absolute atomic E-state index is 0.257. The van der Waals surface area contributed by atoms with Crippen LogP contribution in [0.2, 0.25) is 0 Å². The fourth-order valence-corrected chi connectivity index (χ4v) is 3.43. The number of amides is 2. The summed E-state index contributed by atoms with van der Waals surface area (Å²) in [5.41, 5.74) is 1.98. The maximum atomic E-state index is 12.5. The van der Waals surface area contributed by atoms with Crippen molar-refractivity contribution in [2.45, 2.75) is 26.3 Å². The highest BCUT2D eigenvalue weighted by atomic mass is 32.2. The second-order valence-electron chi connectivity index (χ2n) is 5.55. The topological polar surface area (TPSA) is 86.7 Å². The highest BCUT2D eigenvalue weighted by Crippen LogP contribution is 2.32. The number of carbonyl (C=O) groups excluding carboxylic acids is 2. The molecule has 0 aliphatic carbocycles. The van der Waals surface area contributed by atoms with Crippen molar-refractivity contribution in [3.63, 3.8) is 0 Å². The number of thiocarbonyl (C=S) groups is 1. The summed E-state index contributed by atoms with van der Waals surface area (Å²) >= 11 is 6.30. The lowest BCUT2D eigenvalue weighted by Gasteiger charge is -2.17. The molecule has 1 aromatic carbocycles. The molecule has 1 aromatic rings. The van der Waals surface area contributed by atoms with Gasteiger partial charge in [0.05, 0.1) is 4.91 Å². The molecule has 25 heavy (non-hydrogen) atoms. The molecule has 2 rings (SSSR count). The smallest absolute Gasteiger partial charge is 0.326 e. The first kappa shape index (κ1) is 19.1. The molecule has 1 atom stereocenters. The fraction of sp³-hybridized carbons (Fsp3) is 0.294. The number of aryl methyl sites for hydroxylation is 1. The molecular weight excluding hydrogens is 360 g/mol. The van der Waals surface area contributed by atoms with Gasteiger partial charge in [-0.05, 0) is 25.0 Å². The van der Waals surface area contributed by atoms with E-state index in [0.717, 1.165) is 22.9 Å². The van der Waals surface area contributed by atoms with Crippen molar-refractivity contribution in [1.82, 2.24) is 10.2 Å². The number of nitrogens with zero attached hydrogens (tertiary/aromatic N) is 1. The Kier molecular flexibility index (Phi) is 6.33. The number of hydrogen-bond acceptors (Lipinski definition) is 5. The monoisotopic (exact) mass is 378 g/mol. The molecule has 1 unspecified atom stereocenters. The number of nitrogens with one attached hydrogen (secondary N) is 1. The van der Waals surface area contributed by atoms with Crippen LogP contribution in [0.1, 0.15) is 24.5 Å². The van der Waals surface area contributed by atoms with Gasteiger partial charge in [-0.1, -0.05) is 60.7 Å². The number of hydrogen-bond donors (Lipinski definition) is 2. The van der Waals surface area contributed by atoms with Gasteiger partial charge >= 0.3 is 5.97 Å². The lowest BCUT2D eigenvalue weighted by molar-refractivity contribution is -0.142. The zero-order valence-electron chi connectivity index (χ0n) is 13.8. The van der Waals surface area contributed by atoms with Crippen LogP contribution in [0.3, 0.4) is 0 Å². The Balaban J connectivity index is 2.07. The van der Waals surface area contributed by atoms with Crippen LogP contribution in [0.15, 0.2) is 29.2 Å². The number of benzene rings is 1. The Bertz CT molecular complexity index is 744. The normalized spacial score (nSPS) is 17.0. The standard InChI is InChI=1S/C17H18N2O4S2/c1-3-12(16(22)23)18-14(20)9-19-15(21)13(25-17(19)24)8-11-6-4-10(2)5-7-11/h4-8,12H,3,9H2,1-2H3,(H,18,20)(H,22,23). The average Bonchev–Trinajstić information content (AvgIpc) is 2.82. The van der Waals surface area contributed by atoms with Crippen LogP contribution < -0.4 is 5.32 Å². The molecule has 8 heteroatoms. The molecule has 0 spiro atoms. The van der Waals surface area contributed by atoms with Gasteiger partial charge in [0.2, 0.25) is 5.91 Å². The van der Waals surface area contributed by atoms with E-state index in [4.69, 9.17) is 17.3 Å². The Labute approximate surface area is 155 Å². The highest BCUT2D eigenvalue weighted by molar-refractivity contribution is 8.26. The lowest BCUT2D eigenvalue weighted by Crippen LogP contribution is -2.46. The molecule has 1 aliphatic rings. The predicted molar refractivity (Wildman–Crippen MR) is 101 cm³/mol. The van der Waals surface area contributed by atoms with E-state index in [9.17, 15) is 14.4 Å². The molecule has 1 heterocycles. The van der Waals surface area contributed by atoms with Gasteiger partial charge in [-0.2, -0.15) is 0 Å². The van der Waals surface area contributed by atoms with E-state index in [2.05, 4.69) is 5.32 Å². The summed E-state index contributed by atoms with van der Waals surface area (Å²) in [5.74, 6) is -2.02. The maximum Gasteiger partial charge on any atom is 0.326 e. The molecule has 2 N–H and O–H groups in total.